The van der Waals surface area contributed by atoms with Gasteiger partial charge in [-0.2, -0.15) is 0 Å². The second-order valence-corrected chi connectivity index (χ2v) is 8.28. The van der Waals surface area contributed by atoms with E-state index in [0.29, 0.717) is 0 Å². The first-order chi connectivity index (χ1) is 15.3. The third-order valence-electron chi connectivity index (χ3n) is 6.05. The van der Waals surface area contributed by atoms with Gasteiger partial charge in [0.2, 0.25) is 0 Å². The minimum atomic E-state index is 1.15. The number of rotatable bonds is 4. The average Bonchev–Trinajstić information content (AvgIpc) is 2.83. The zero-order valence-electron chi connectivity index (χ0n) is 18.0. The van der Waals surface area contributed by atoms with Gasteiger partial charge in [0, 0.05) is 17.1 Å². The lowest BCUT2D eigenvalue weighted by Gasteiger charge is -2.25. The van der Waals surface area contributed by atoms with Gasteiger partial charge in [0.25, 0.3) is 0 Å². The molecule has 0 amide bonds. The number of hydrogen-bond donors (Lipinski definition) is 0. The van der Waals surface area contributed by atoms with Gasteiger partial charge in [0.1, 0.15) is 0 Å². The molecule has 0 aromatic heterocycles. The normalized spacial score (nSPS) is 14.3. The molecule has 0 atom stereocenters. The van der Waals surface area contributed by atoms with Crippen LogP contribution in [0.2, 0.25) is 0 Å². The summed E-state index contributed by atoms with van der Waals surface area (Å²) in [6.45, 7) is 2.13. The van der Waals surface area contributed by atoms with Gasteiger partial charge in [0.05, 0.1) is 0 Å². The fraction of sp³-hybridized carbons (Fsp3) is 0.133. The highest BCUT2D eigenvalue weighted by molar-refractivity contribution is 5.84. The summed E-state index contributed by atoms with van der Waals surface area (Å²) in [6.07, 6.45) is 5.93. The highest BCUT2D eigenvalue weighted by atomic mass is 15.1. The lowest BCUT2D eigenvalue weighted by molar-refractivity contribution is 0.824. The summed E-state index contributed by atoms with van der Waals surface area (Å²) in [5.41, 5.74) is 10.4. The van der Waals surface area contributed by atoms with Crippen LogP contribution in [0.3, 0.4) is 0 Å². The SMILES string of the molecule is Cc1ccc(N(c2ccccc2)c2ccc(C=C3CCCc4ccccc43)cc2)cc1. The molecule has 0 unspecified atom stereocenters. The summed E-state index contributed by atoms with van der Waals surface area (Å²) in [4.78, 5) is 2.31. The van der Waals surface area contributed by atoms with Crippen LogP contribution in [0.5, 0.6) is 0 Å². The first-order valence-corrected chi connectivity index (χ1v) is 11.1. The summed E-state index contributed by atoms with van der Waals surface area (Å²) in [5.74, 6) is 0. The van der Waals surface area contributed by atoms with Crippen molar-refractivity contribution in [3.05, 3.63) is 125 Å². The molecule has 5 rings (SSSR count). The van der Waals surface area contributed by atoms with Crippen LogP contribution >= 0.6 is 0 Å². The molecular formula is C30H27N. The first kappa shape index (κ1) is 19.4. The van der Waals surface area contributed by atoms with E-state index in [4.69, 9.17) is 0 Å². The average molecular weight is 402 g/mol. The number of para-hydroxylation sites is 1. The summed E-state index contributed by atoms with van der Waals surface area (Å²) in [7, 11) is 0. The summed E-state index contributed by atoms with van der Waals surface area (Å²) < 4.78 is 0. The van der Waals surface area contributed by atoms with Crippen molar-refractivity contribution in [3.8, 4) is 0 Å². The van der Waals surface area contributed by atoms with E-state index in [1.54, 1.807) is 0 Å². The zero-order chi connectivity index (χ0) is 21.0. The number of fused-ring (bicyclic) bond motifs is 1. The smallest absolute Gasteiger partial charge is 0.0462 e. The van der Waals surface area contributed by atoms with Gasteiger partial charge in [-0.1, -0.05) is 78.4 Å². The van der Waals surface area contributed by atoms with Gasteiger partial charge >= 0.3 is 0 Å². The van der Waals surface area contributed by atoms with Crippen molar-refractivity contribution in [1.29, 1.82) is 0 Å². The summed E-state index contributed by atoms with van der Waals surface area (Å²) in [6, 6.07) is 37.1. The largest absolute Gasteiger partial charge is 0.311 e. The second kappa shape index (κ2) is 8.65. The molecule has 0 radical (unpaired) electrons. The predicted octanol–water partition coefficient (Wildman–Crippen LogP) is 8.34. The van der Waals surface area contributed by atoms with Crippen LogP contribution in [-0.2, 0) is 6.42 Å². The quantitative estimate of drug-likeness (QED) is 0.332. The van der Waals surface area contributed by atoms with E-state index >= 15 is 0 Å². The topological polar surface area (TPSA) is 3.24 Å². The van der Waals surface area contributed by atoms with E-state index in [9.17, 15) is 0 Å². The Morgan fingerprint density at radius 3 is 1.97 bits per heavy atom. The third-order valence-corrected chi connectivity index (χ3v) is 6.05. The van der Waals surface area contributed by atoms with Crippen molar-refractivity contribution in [2.24, 2.45) is 0 Å². The van der Waals surface area contributed by atoms with Crippen molar-refractivity contribution in [3.63, 3.8) is 0 Å². The Bertz CT molecular complexity index is 1190. The third kappa shape index (κ3) is 4.18. The van der Waals surface area contributed by atoms with Gasteiger partial charge in [-0.05, 0) is 84.8 Å². The Labute approximate surface area is 185 Å². The molecule has 0 saturated heterocycles. The van der Waals surface area contributed by atoms with Crippen molar-refractivity contribution in [2.45, 2.75) is 26.2 Å². The fourth-order valence-corrected chi connectivity index (χ4v) is 4.44. The lowest BCUT2D eigenvalue weighted by atomic mass is 9.86. The Kier molecular flexibility index (Phi) is 5.41. The molecular weight excluding hydrogens is 374 g/mol. The summed E-state index contributed by atoms with van der Waals surface area (Å²) in [5, 5.41) is 0. The van der Waals surface area contributed by atoms with Crippen molar-refractivity contribution < 1.29 is 0 Å². The Balaban J connectivity index is 1.50. The number of hydrogen-bond acceptors (Lipinski definition) is 1. The number of benzene rings is 4. The van der Waals surface area contributed by atoms with Crippen LogP contribution in [0.1, 0.15) is 35.1 Å². The van der Waals surface area contributed by atoms with E-state index in [1.807, 2.05) is 0 Å². The molecule has 4 aromatic rings. The number of aryl methyl sites for hydroxylation is 2. The fourth-order valence-electron chi connectivity index (χ4n) is 4.44. The molecule has 1 aliphatic carbocycles. The first-order valence-electron chi connectivity index (χ1n) is 11.1. The predicted molar refractivity (Wildman–Crippen MR) is 133 cm³/mol. The van der Waals surface area contributed by atoms with Crippen molar-refractivity contribution in [1.82, 2.24) is 0 Å². The molecule has 0 heterocycles. The maximum absolute atomic E-state index is 2.36. The van der Waals surface area contributed by atoms with Crippen LogP contribution < -0.4 is 4.90 Å². The van der Waals surface area contributed by atoms with Crippen LogP contribution in [-0.4, -0.2) is 0 Å². The lowest BCUT2D eigenvalue weighted by Crippen LogP contribution is -2.09. The molecule has 1 aliphatic rings. The Morgan fingerprint density at radius 1 is 0.613 bits per heavy atom. The molecule has 31 heavy (non-hydrogen) atoms. The maximum Gasteiger partial charge on any atom is 0.0462 e. The van der Waals surface area contributed by atoms with Gasteiger partial charge in [-0.3, -0.25) is 0 Å². The highest BCUT2D eigenvalue weighted by Gasteiger charge is 2.14. The van der Waals surface area contributed by atoms with Crippen LogP contribution in [0, 0.1) is 6.92 Å². The monoisotopic (exact) mass is 401 g/mol. The highest BCUT2D eigenvalue weighted by Crippen LogP contribution is 2.36. The second-order valence-electron chi connectivity index (χ2n) is 8.28. The minimum absolute atomic E-state index is 1.15. The maximum atomic E-state index is 2.36. The molecule has 1 nitrogen and oxygen atoms in total. The van der Waals surface area contributed by atoms with Gasteiger partial charge in [0.15, 0.2) is 0 Å². The van der Waals surface area contributed by atoms with E-state index in [1.165, 1.54) is 57.7 Å². The van der Waals surface area contributed by atoms with Gasteiger partial charge in [-0.25, -0.2) is 0 Å². The van der Waals surface area contributed by atoms with Gasteiger partial charge in [-0.15, -0.1) is 0 Å². The van der Waals surface area contributed by atoms with Crippen molar-refractivity contribution in [2.75, 3.05) is 4.90 Å². The molecule has 0 saturated carbocycles. The van der Waals surface area contributed by atoms with Crippen LogP contribution in [0.25, 0.3) is 11.6 Å². The van der Waals surface area contributed by atoms with Gasteiger partial charge < -0.3 is 4.90 Å². The molecule has 0 bridgehead atoms. The summed E-state index contributed by atoms with van der Waals surface area (Å²) >= 11 is 0. The molecule has 1 heteroatoms. The van der Waals surface area contributed by atoms with E-state index in [0.717, 1.165) is 6.42 Å². The van der Waals surface area contributed by atoms with Crippen LogP contribution in [0.15, 0.2) is 103 Å². The van der Waals surface area contributed by atoms with E-state index in [-0.39, 0.29) is 0 Å². The Hall–Kier alpha value is -3.58. The molecule has 0 aliphatic heterocycles. The minimum Gasteiger partial charge on any atom is -0.311 e. The van der Waals surface area contributed by atoms with Crippen LogP contribution in [0.4, 0.5) is 17.1 Å². The molecule has 4 aromatic carbocycles. The Morgan fingerprint density at radius 2 is 1.23 bits per heavy atom. The standard InChI is InChI=1S/C30H27N/c1-23-14-18-28(19-15-23)31(27-11-3-2-4-12-27)29-20-16-24(17-21-29)22-26-10-7-9-25-8-5-6-13-30(25)26/h2-6,8,11-22H,7,9-10H2,1H3. The number of allylic oxidation sites excluding steroid dienone is 1. The molecule has 0 fully saturated rings. The zero-order valence-corrected chi connectivity index (χ0v) is 18.0. The van der Waals surface area contributed by atoms with E-state index in [2.05, 4.69) is 121 Å². The molecule has 0 spiro atoms. The van der Waals surface area contributed by atoms with E-state index < -0.39 is 0 Å². The molecule has 0 N–H and O–H groups in total. The molecule has 152 valence electrons. The van der Waals surface area contributed by atoms with Crippen molar-refractivity contribution >= 4 is 28.7 Å². The number of anilines is 3. The number of nitrogens with zero attached hydrogens (tertiary/aromatic N) is 1.